The Morgan fingerprint density at radius 3 is 2.61 bits per heavy atom. The molecule has 0 atom stereocenters. The summed E-state index contributed by atoms with van der Waals surface area (Å²) >= 11 is 0. The summed E-state index contributed by atoms with van der Waals surface area (Å²) < 4.78 is 5.05. The number of carboxylic acids is 1. The van der Waals surface area contributed by atoms with E-state index in [1.807, 2.05) is 26.8 Å². The fraction of sp³-hybridized carbons (Fsp3) is 0.444. The SMILES string of the molecule is CCc1c(C)c2c(c(O)c1C/C=C(\C)CCC(=O)O)C(=O)OC2. The Morgan fingerprint density at radius 1 is 1.30 bits per heavy atom. The number of aliphatic carboxylic acids is 1. The molecule has 5 heteroatoms. The number of carbonyl (C=O) groups is 2. The van der Waals surface area contributed by atoms with Crippen molar-refractivity contribution in [3.63, 3.8) is 0 Å². The van der Waals surface area contributed by atoms with Gasteiger partial charge in [0.25, 0.3) is 0 Å². The molecule has 0 aliphatic carbocycles. The molecule has 2 N–H and O–H groups in total. The second-order valence-corrected chi connectivity index (χ2v) is 5.86. The van der Waals surface area contributed by atoms with Crippen LogP contribution in [0.2, 0.25) is 0 Å². The Hall–Kier alpha value is -2.30. The van der Waals surface area contributed by atoms with E-state index < -0.39 is 11.9 Å². The van der Waals surface area contributed by atoms with Gasteiger partial charge in [0.1, 0.15) is 17.9 Å². The van der Waals surface area contributed by atoms with E-state index in [9.17, 15) is 14.7 Å². The standard InChI is InChI=1S/C18H22O5/c1-4-12-11(3)14-9-23-18(22)16(14)17(21)13(12)7-5-10(2)6-8-15(19)20/h5,21H,4,6-9H2,1-3H3,(H,19,20)/b10-5+. The van der Waals surface area contributed by atoms with E-state index in [0.29, 0.717) is 12.8 Å². The summed E-state index contributed by atoms with van der Waals surface area (Å²) in [6.07, 6.45) is 3.71. The summed E-state index contributed by atoms with van der Waals surface area (Å²) in [7, 11) is 0. The number of hydrogen-bond acceptors (Lipinski definition) is 4. The molecule has 1 aromatic carbocycles. The van der Waals surface area contributed by atoms with Gasteiger partial charge in [-0.1, -0.05) is 18.6 Å². The molecule has 0 amide bonds. The van der Waals surface area contributed by atoms with Crippen molar-refractivity contribution in [2.45, 2.75) is 53.1 Å². The Labute approximate surface area is 135 Å². The van der Waals surface area contributed by atoms with E-state index in [0.717, 1.165) is 34.2 Å². The van der Waals surface area contributed by atoms with Gasteiger partial charge in [-0.2, -0.15) is 0 Å². The first kappa shape index (κ1) is 17.1. The van der Waals surface area contributed by atoms with Crippen molar-refractivity contribution < 1.29 is 24.5 Å². The topological polar surface area (TPSA) is 83.8 Å². The van der Waals surface area contributed by atoms with Gasteiger partial charge in [-0.25, -0.2) is 4.79 Å². The fourth-order valence-electron chi connectivity index (χ4n) is 3.02. The van der Waals surface area contributed by atoms with Gasteiger partial charge in [-0.15, -0.1) is 0 Å². The normalized spacial score (nSPS) is 13.9. The lowest BCUT2D eigenvalue weighted by atomic mass is 9.89. The lowest BCUT2D eigenvalue weighted by Crippen LogP contribution is -2.04. The number of esters is 1. The van der Waals surface area contributed by atoms with Crippen molar-refractivity contribution in [3.05, 3.63) is 39.5 Å². The maximum absolute atomic E-state index is 11.8. The molecule has 0 saturated carbocycles. The van der Waals surface area contributed by atoms with E-state index in [2.05, 4.69) is 0 Å². The van der Waals surface area contributed by atoms with Crippen LogP contribution in [0.25, 0.3) is 0 Å². The van der Waals surface area contributed by atoms with Crippen LogP contribution in [0, 0.1) is 6.92 Å². The van der Waals surface area contributed by atoms with Crippen molar-refractivity contribution in [2.24, 2.45) is 0 Å². The largest absolute Gasteiger partial charge is 0.507 e. The highest BCUT2D eigenvalue weighted by Gasteiger charge is 2.30. The number of cyclic esters (lactones) is 1. The summed E-state index contributed by atoms with van der Waals surface area (Å²) in [4.78, 5) is 22.5. The van der Waals surface area contributed by atoms with Crippen LogP contribution in [0.15, 0.2) is 11.6 Å². The summed E-state index contributed by atoms with van der Waals surface area (Å²) in [6.45, 7) is 6.05. The molecule has 0 unspecified atom stereocenters. The molecule has 1 aliphatic rings. The number of fused-ring (bicyclic) bond motifs is 1. The van der Waals surface area contributed by atoms with Crippen molar-refractivity contribution in [3.8, 4) is 5.75 Å². The van der Waals surface area contributed by atoms with Crippen molar-refractivity contribution >= 4 is 11.9 Å². The molecule has 0 saturated heterocycles. The number of benzene rings is 1. The van der Waals surface area contributed by atoms with Gasteiger partial charge in [-0.3, -0.25) is 4.79 Å². The average molecular weight is 318 g/mol. The summed E-state index contributed by atoms with van der Waals surface area (Å²) in [6, 6.07) is 0. The minimum absolute atomic E-state index is 0.00670. The second-order valence-electron chi connectivity index (χ2n) is 5.86. The molecule has 23 heavy (non-hydrogen) atoms. The van der Waals surface area contributed by atoms with Crippen molar-refractivity contribution in [1.29, 1.82) is 0 Å². The monoisotopic (exact) mass is 318 g/mol. The van der Waals surface area contributed by atoms with E-state index in [4.69, 9.17) is 9.84 Å². The van der Waals surface area contributed by atoms with Crippen LogP contribution in [-0.4, -0.2) is 22.2 Å². The third-order valence-corrected chi connectivity index (χ3v) is 4.39. The zero-order valence-electron chi connectivity index (χ0n) is 13.7. The molecule has 124 valence electrons. The van der Waals surface area contributed by atoms with Crippen LogP contribution in [0.3, 0.4) is 0 Å². The van der Waals surface area contributed by atoms with Crippen LogP contribution in [0.5, 0.6) is 5.75 Å². The number of phenols is 1. The lowest BCUT2D eigenvalue weighted by molar-refractivity contribution is -0.136. The van der Waals surface area contributed by atoms with Gasteiger partial charge < -0.3 is 14.9 Å². The molecule has 5 nitrogen and oxygen atoms in total. The highest BCUT2D eigenvalue weighted by atomic mass is 16.5. The Bertz CT molecular complexity index is 685. The maximum Gasteiger partial charge on any atom is 0.342 e. The quantitative estimate of drug-likeness (QED) is 0.621. The Kier molecular flexibility index (Phi) is 5.08. The smallest absolute Gasteiger partial charge is 0.342 e. The molecule has 0 radical (unpaired) electrons. The van der Waals surface area contributed by atoms with Gasteiger partial charge in [0.05, 0.1) is 0 Å². The first-order chi connectivity index (χ1) is 10.9. The average Bonchev–Trinajstić information content (AvgIpc) is 2.89. The molecule has 0 aromatic heterocycles. The molecule has 1 aromatic rings. The van der Waals surface area contributed by atoms with Gasteiger partial charge in [0.15, 0.2) is 0 Å². The number of phenolic OH excluding ortho intramolecular Hbond substituents is 1. The number of ether oxygens (including phenoxy) is 1. The number of rotatable bonds is 6. The number of carbonyl (C=O) groups excluding carboxylic acids is 1. The molecule has 0 bridgehead atoms. The first-order valence-electron chi connectivity index (χ1n) is 7.77. The van der Waals surface area contributed by atoms with Gasteiger partial charge in [-0.05, 0) is 44.2 Å². The summed E-state index contributed by atoms with van der Waals surface area (Å²) in [5.74, 6) is -1.30. The van der Waals surface area contributed by atoms with Crippen LogP contribution >= 0.6 is 0 Å². The van der Waals surface area contributed by atoms with E-state index >= 15 is 0 Å². The molecule has 0 spiro atoms. The van der Waals surface area contributed by atoms with Crippen LogP contribution in [-0.2, 0) is 29.0 Å². The second kappa shape index (κ2) is 6.86. The van der Waals surface area contributed by atoms with Gasteiger partial charge in [0.2, 0.25) is 0 Å². The van der Waals surface area contributed by atoms with Crippen molar-refractivity contribution in [1.82, 2.24) is 0 Å². The summed E-state index contributed by atoms with van der Waals surface area (Å²) in [5, 5.41) is 19.2. The van der Waals surface area contributed by atoms with Gasteiger partial charge in [0, 0.05) is 17.5 Å². The zero-order valence-corrected chi connectivity index (χ0v) is 13.7. The van der Waals surface area contributed by atoms with Crippen LogP contribution in [0.1, 0.15) is 59.3 Å². The number of aromatic hydroxyl groups is 1. The highest BCUT2D eigenvalue weighted by molar-refractivity contribution is 5.97. The van der Waals surface area contributed by atoms with E-state index in [1.54, 1.807) is 0 Å². The minimum atomic E-state index is -0.828. The highest BCUT2D eigenvalue weighted by Crippen LogP contribution is 2.38. The molecular formula is C18H22O5. The van der Waals surface area contributed by atoms with Crippen molar-refractivity contribution in [2.75, 3.05) is 0 Å². The first-order valence-corrected chi connectivity index (χ1v) is 7.77. The van der Waals surface area contributed by atoms with Gasteiger partial charge >= 0.3 is 11.9 Å². The number of carboxylic acid groups (broad SMARTS) is 1. The Morgan fingerprint density at radius 2 is 2.00 bits per heavy atom. The maximum atomic E-state index is 11.8. The third kappa shape index (κ3) is 3.38. The zero-order chi connectivity index (χ0) is 17.1. The summed E-state index contributed by atoms with van der Waals surface area (Å²) in [5.41, 5.74) is 4.78. The van der Waals surface area contributed by atoms with E-state index in [-0.39, 0.29) is 24.3 Å². The molecule has 2 rings (SSSR count). The van der Waals surface area contributed by atoms with Crippen LogP contribution in [0.4, 0.5) is 0 Å². The predicted molar refractivity (Wildman–Crippen MR) is 85.7 cm³/mol. The van der Waals surface area contributed by atoms with Crippen LogP contribution < -0.4 is 0 Å². The number of allylic oxidation sites excluding steroid dienone is 2. The molecular weight excluding hydrogens is 296 g/mol. The lowest BCUT2D eigenvalue weighted by Gasteiger charge is -2.16. The van der Waals surface area contributed by atoms with E-state index in [1.165, 1.54) is 0 Å². The Balaban J connectivity index is 2.37. The molecule has 1 aliphatic heterocycles. The molecule has 0 fully saturated rings. The minimum Gasteiger partial charge on any atom is -0.507 e. The third-order valence-electron chi connectivity index (χ3n) is 4.39. The molecule has 1 heterocycles. The number of hydrogen-bond donors (Lipinski definition) is 2. The fourth-order valence-corrected chi connectivity index (χ4v) is 3.02. The predicted octanol–water partition coefficient (Wildman–Crippen LogP) is 3.29.